The van der Waals surface area contributed by atoms with Gasteiger partial charge in [0.1, 0.15) is 0 Å². The maximum absolute atomic E-state index is 6.75. The molecule has 0 aliphatic carbocycles. The van der Waals surface area contributed by atoms with Crippen molar-refractivity contribution < 1.29 is 9.16 Å². The number of halogens is 1. The first-order valence-electron chi connectivity index (χ1n) is 8.11. The van der Waals surface area contributed by atoms with Gasteiger partial charge in [0.25, 0.3) is 0 Å². The van der Waals surface area contributed by atoms with Crippen LogP contribution in [0.4, 0.5) is 0 Å². The van der Waals surface area contributed by atoms with E-state index in [1.807, 2.05) is 0 Å². The van der Waals surface area contributed by atoms with E-state index < -0.39 is 8.32 Å². The molecule has 2 heterocycles. The van der Waals surface area contributed by atoms with E-state index in [2.05, 4.69) is 70.3 Å². The summed E-state index contributed by atoms with van der Waals surface area (Å²) in [6.45, 7) is 11.3. The molecule has 0 N–H and O–H groups in total. The van der Waals surface area contributed by atoms with Gasteiger partial charge in [0, 0.05) is 0 Å². The molecule has 2 aliphatic rings. The summed E-state index contributed by atoms with van der Waals surface area (Å²) >= 11 is 7.07. The second kappa shape index (κ2) is 6.23. The van der Waals surface area contributed by atoms with Crippen molar-refractivity contribution in [2.24, 2.45) is 0 Å². The van der Waals surface area contributed by atoms with Gasteiger partial charge in [0.2, 0.25) is 0 Å². The Morgan fingerprint density at radius 1 is 1.17 bits per heavy atom. The second-order valence-electron chi connectivity index (χ2n) is 7.79. The quantitative estimate of drug-likeness (QED) is 0.544. The molecule has 1 aromatic rings. The molecule has 0 amide bonds. The zero-order valence-corrected chi connectivity index (χ0v) is 17.8. The van der Waals surface area contributed by atoms with Crippen molar-refractivity contribution in [1.82, 2.24) is 0 Å². The Hall–Kier alpha value is -0.254. The standard InChI is InChI=1S/C18H25ClO2SeSi/c1-18(2,3)23(4,5)21-13-11-14-17(15(19)16(13)20-14)22-12-9-7-6-8-10-12/h6-11,14-17H,1-5H3/t14-,15-,16+,17-/m1/s1. The molecule has 126 valence electrons. The van der Waals surface area contributed by atoms with Gasteiger partial charge in [-0.05, 0) is 0 Å². The van der Waals surface area contributed by atoms with E-state index in [0.29, 0.717) is 19.8 Å². The first kappa shape index (κ1) is 17.6. The van der Waals surface area contributed by atoms with Gasteiger partial charge in [-0.3, -0.25) is 0 Å². The van der Waals surface area contributed by atoms with E-state index in [4.69, 9.17) is 20.8 Å². The number of rotatable bonds is 4. The van der Waals surface area contributed by atoms with Crippen LogP contribution >= 0.6 is 11.6 Å². The fraction of sp³-hybridized carbons (Fsp3) is 0.556. The summed E-state index contributed by atoms with van der Waals surface area (Å²) in [6.07, 6.45) is 2.24. The van der Waals surface area contributed by atoms with Crippen LogP contribution in [0.2, 0.25) is 22.9 Å². The van der Waals surface area contributed by atoms with E-state index in [9.17, 15) is 0 Å². The number of benzene rings is 1. The second-order valence-corrected chi connectivity index (χ2v) is 15.6. The first-order chi connectivity index (χ1) is 10.7. The van der Waals surface area contributed by atoms with Crippen LogP contribution in [0, 0.1) is 0 Å². The molecule has 2 bridgehead atoms. The zero-order valence-electron chi connectivity index (χ0n) is 14.4. The Bertz CT molecular complexity index is 597. The van der Waals surface area contributed by atoms with Crippen molar-refractivity contribution in [2.75, 3.05) is 0 Å². The predicted octanol–water partition coefficient (Wildman–Crippen LogP) is 4.10. The average molecular weight is 416 g/mol. The van der Waals surface area contributed by atoms with Crippen LogP contribution in [-0.2, 0) is 9.16 Å². The Morgan fingerprint density at radius 3 is 2.39 bits per heavy atom. The molecule has 0 radical (unpaired) electrons. The van der Waals surface area contributed by atoms with Crippen molar-refractivity contribution in [3.8, 4) is 0 Å². The van der Waals surface area contributed by atoms with Gasteiger partial charge in [0.05, 0.1) is 0 Å². The topological polar surface area (TPSA) is 18.5 Å². The van der Waals surface area contributed by atoms with E-state index in [0.717, 1.165) is 5.76 Å². The molecule has 5 heteroatoms. The molecule has 3 rings (SSSR count). The summed E-state index contributed by atoms with van der Waals surface area (Å²) in [5, 5.41) is 0.204. The van der Waals surface area contributed by atoms with E-state index >= 15 is 0 Å². The third kappa shape index (κ3) is 3.43. The molecule has 2 nitrogen and oxygen atoms in total. The van der Waals surface area contributed by atoms with Crippen LogP contribution in [0.5, 0.6) is 0 Å². The molecule has 0 aromatic heterocycles. The number of ether oxygens (including phenoxy) is 1. The first-order valence-corrected chi connectivity index (χ1v) is 13.3. The van der Waals surface area contributed by atoms with Gasteiger partial charge < -0.3 is 0 Å². The SMILES string of the molecule is CC(C)(C)[Si](C)(C)OC1=C[C@H]2O[C@@H]1[C@@H](Cl)[C@@H]2[Se]c1ccccc1. The van der Waals surface area contributed by atoms with Crippen LogP contribution in [0.25, 0.3) is 0 Å². The summed E-state index contributed by atoms with van der Waals surface area (Å²) in [5.74, 6) is 0.988. The van der Waals surface area contributed by atoms with E-state index in [-0.39, 0.29) is 22.6 Å². The molecule has 1 fully saturated rings. The van der Waals surface area contributed by atoms with Gasteiger partial charge in [-0.1, -0.05) is 0 Å². The minimum absolute atomic E-state index is 0.0185. The van der Waals surface area contributed by atoms with Crippen LogP contribution < -0.4 is 4.46 Å². The van der Waals surface area contributed by atoms with Crippen molar-refractivity contribution in [3.63, 3.8) is 0 Å². The van der Waals surface area contributed by atoms with Gasteiger partial charge >= 0.3 is 152 Å². The average Bonchev–Trinajstić information content (AvgIpc) is 2.98. The van der Waals surface area contributed by atoms with Gasteiger partial charge in [-0.15, -0.1) is 0 Å². The Kier molecular flexibility index (Phi) is 4.76. The van der Waals surface area contributed by atoms with E-state index in [1.54, 1.807) is 0 Å². The van der Waals surface area contributed by atoms with E-state index in [1.165, 1.54) is 4.46 Å². The summed E-state index contributed by atoms with van der Waals surface area (Å²) in [5.41, 5.74) is 0. The molecular weight excluding hydrogens is 391 g/mol. The minimum atomic E-state index is -1.84. The molecule has 1 aromatic carbocycles. The van der Waals surface area contributed by atoms with Crippen LogP contribution in [-0.4, -0.2) is 40.9 Å². The fourth-order valence-corrected chi connectivity index (χ4v) is 6.76. The maximum atomic E-state index is 6.75. The molecule has 2 aliphatic heterocycles. The summed E-state index contributed by atoms with van der Waals surface area (Å²) in [6, 6.07) is 10.6. The summed E-state index contributed by atoms with van der Waals surface area (Å²) < 4.78 is 14.0. The number of fused-ring (bicyclic) bond motifs is 2. The third-order valence-electron chi connectivity index (χ3n) is 5.03. The van der Waals surface area contributed by atoms with Crippen molar-refractivity contribution in [1.29, 1.82) is 0 Å². The molecule has 1 saturated heterocycles. The molecule has 0 unspecified atom stereocenters. The molecule has 0 spiro atoms. The predicted molar refractivity (Wildman–Crippen MR) is 100 cm³/mol. The monoisotopic (exact) mass is 416 g/mol. The van der Waals surface area contributed by atoms with Gasteiger partial charge in [-0.25, -0.2) is 0 Å². The molecule has 4 atom stereocenters. The number of hydrogen-bond acceptors (Lipinski definition) is 2. The van der Waals surface area contributed by atoms with Crippen LogP contribution in [0.15, 0.2) is 42.2 Å². The van der Waals surface area contributed by atoms with Crippen molar-refractivity contribution in [2.45, 2.75) is 61.3 Å². The normalized spacial score (nSPS) is 30.4. The van der Waals surface area contributed by atoms with Crippen LogP contribution in [0.3, 0.4) is 0 Å². The van der Waals surface area contributed by atoms with Crippen molar-refractivity contribution in [3.05, 3.63) is 42.2 Å². The number of hydrogen-bond donors (Lipinski definition) is 0. The van der Waals surface area contributed by atoms with Gasteiger partial charge in [0.15, 0.2) is 0 Å². The Balaban J connectivity index is 1.72. The van der Waals surface area contributed by atoms with Crippen molar-refractivity contribution >= 4 is 39.3 Å². The zero-order chi connectivity index (χ0) is 16.8. The summed E-state index contributed by atoms with van der Waals surface area (Å²) in [7, 11) is -1.84. The summed E-state index contributed by atoms with van der Waals surface area (Å²) in [4.78, 5) is 0.392. The van der Waals surface area contributed by atoms with Gasteiger partial charge in [-0.2, -0.15) is 0 Å². The molecular formula is C18H25ClO2SeSi. The Labute approximate surface area is 151 Å². The third-order valence-corrected chi connectivity index (χ3v) is 13.1. The molecule has 23 heavy (non-hydrogen) atoms. The Morgan fingerprint density at radius 2 is 1.83 bits per heavy atom. The number of alkyl halides is 1. The van der Waals surface area contributed by atoms with Crippen LogP contribution in [0.1, 0.15) is 20.8 Å². The fourth-order valence-electron chi connectivity index (χ4n) is 2.62. The molecule has 0 saturated carbocycles.